The Balaban J connectivity index is 1.63. The van der Waals surface area contributed by atoms with E-state index in [1.54, 1.807) is 12.4 Å². The second-order valence-corrected chi connectivity index (χ2v) is 5.75. The lowest BCUT2D eigenvalue weighted by atomic mass is 10.2. The first-order valence-electron chi connectivity index (χ1n) is 8.32. The fraction of sp³-hybridized carbons (Fsp3) is 0.0500. The highest BCUT2D eigenvalue weighted by atomic mass is 15.2. The minimum Gasteiger partial charge on any atom is -0.326 e. The number of nitrogens with zero attached hydrogens (tertiary/aromatic N) is 4. The van der Waals surface area contributed by atoms with Crippen molar-refractivity contribution in [2.75, 3.05) is 5.32 Å². The van der Waals surface area contributed by atoms with Crippen molar-refractivity contribution in [1.82, 2.24) is 19.5 Å². The van der Waals surface area contributed by atoms with Gasteiger partial charge in [0.15, 0.2) is 0 Å². The summed E-state index contributed by atoms with van der Waals surface area (Å²) in [6, 6.07) is 19.8. The molecule has 2 aromatic heterocycles. The first kappa shape index (κ1) is 16.0. The zero-order valence-corrected chi connectivity index (χ0v) is 14.1. The Morgan fingerprint density at radius 1 is 0.885 bits per heavy atom. The Morgan fingerprint density at radius 2 is 1.69 bits per heavy atom. The maximum absolute atomic E-state index is 5.63. The zero-order chi connectivity index (χ0) is 17.8. The number of imidazole rings is 1. The van der Waals surface area contributed by atoms with Crippen LogP contribution in [0.25, 0.3) is 17.2 Å². The summed E-state index contributed by atoms with van der Waals surface area (Å²) in [4.78, 5) is 13.4. The van der Waals surface area contributed by atoms with Crippen LogP contribution in [0.1, 0.15) is 5.56 Å². The molecular formula is C20H18N6. The molecule has 0 fully saturated rings. The van der Waals surface area contributed by atoms with Crippen LogP contribution in [-0.2, 0) is 6.54 Å². The van der Waals surface area contributed by atoms with Gasteiger partial charge >= 0.3 is 0 Å². The number of hydrogen-bond donors (Lipinski definition) is 2. The molecule has 3 N–H and O–H groups in total. The van der Waals surface area contributed by atoms with Gasteiger partial charge < -0.3 is 11.1 Å². The van der Waals surface area contributed by atoms with Gasteiger partial charge in [0.05, 0.1) is 0 Å². The standard InChI is InChI=1S/C20H18N6/c21-14-15-6-8-17(9-7-15)24-20-23-11-10-18(25-20)26-13-12-22-19(26)16-4-2-1-3-5-16/h1-13H,14,21H2,(H,23,24,25). The molecule has 2 heterocycles. The van der Waals surface area contributed by atoms with Crippen LogP contribution in [0.3, 0.4) is 0 Å². The summed E-state index contributed by atoms with van der Waals surface area (Å²) in [6.45, 7) is 0.523. The molecule has 0 aliphatic carbocycles. The van der Waals surface area contributed by atoms with Crippen LogP contribution in [0.5, 0.6) is 0 Å². The van der Waals surface area contributed by atoms with E-state index in [1.807, 2.05) is 71.4 Å². The van der Waals surface area contributed by atoms with Crippen molar-refractivity contribution in [3.05, 3.63) is 84.8 Å². The molecule has 0 aliphatic heterocycles. The van der Waals surface area contributed by atoms with E-state index in [-0.39, 0.29) is 0 Å². The minimum atomic E-state index is 0.523. The smallest absolute Gasteiger partial charge is 0.229 e. The van der Waals surface area contributed by atoms with Gasteiger partial charge in [0.25, 0.3) is 0 Å². The molecule has 2 aromatic carbocycles. The average molecular weight is 342 g/mol. The third-order valence-electron chi connectivity index (χ3n) is 4.01. The minimum absolute atomic E-state index is 0.523. The molecule has 0 saturated heterocycles. The number of aromatic nitrogens is 4. The molecule has 0 atom stereocenters. The Kier molecular flexibility index (Phi) is 4.40. The number of nitrogens with two attached hydrogens (primary N) is 1. The van der Waals surface area contributed by atoms with Crippen LogP contribution in [-0.4, -0.2) is 19.5 Å². The first-order chi connectivity index (χ1) is 12.8. The lowest BCUT2D eigenvalue weighted by Gasteiger charge is -2.10. The fourth-order valence-electron chi connectivity index (χ4n) is 2.69. The van der Waals surface area contributed by atoms with Crippen molar-refractivity contribution in [3.8, 4) is 17.2 Å². The summed E-state index contributed by atoms with van der Waals surface area (Å²) in [5, 5.41) is 3.22. The predicted octanol–water partition coefficient (Wildman–Crippen LogP) is 3.53. The quantitative estimate of drug-likeness (QED) is 0.580. The summed E-state index contributed by atoms with van der Waals surface area (Å²) in [5.41, 5.74) is 8.66. The van der Waals surface area contributed by atoms with E-state index in [1.165, 1.54) is 0 Å². The molecule has 26 heavy (non-hydrogen) atoms. The van der Waals surface area contributed by atoms with Crippen LogP contribution in [0.4, 0.5) is 11.6 Å². The van der Waals surface area contributed by atoms with E-state index in [9.17, 15) is 0 Å². The Hall–Kier alpha value is -3.51. The van der Waals surface area contributed by atoms with Crippen LogP contribution < -0.4 is 11.1 Å². The highest BCUT2D eigenvalue weighted by Crippen LogP contribution is 2.21. The van der Waals surface area contributed by atoms with Crippen molar-refractivity contribution in [2.45, 2.75) is 6.54 Å². The van der Waals surface area contributed by atoms with Gasteiger partial charge in [-0.3, -0.25) is 4.57 Å². The van der Waals surface area contributed by atoms with E-state index in [0.717, 1.165) is 28.5 Å². The molecular weight excluding hydrogens is 324 g/mol. The monoisotopic (exact) mass is 342 g/mol. The normalized spacial score (nSPS) is 10.7. The fourth-order valence-corrected chi connectivity index (χ4v) is 2.69. The van der Waals surface area contributed by atoms with Crippen LogP contribution in [0.2, 0.25) is 0 Å². The molecule has 128 valence electrons. The Morgan fingerprint density at radius 3 is 2.46 bits per heavy atom. The highest BCUT2D eigenvalue weighted by molar-refractivity contribution is 5.59. The van der Waals surface area contributed by atoms with Crippen LogP contribution in [0.15, 0.2) is 79.3 Å². The van der Waals surface area contributed by atoms with E-state index in [0.29, 0.717) is 12.5 Å². The van der Waals surface area contributed by atoms with Crippen LogP contribution >= 0.6 is 0 Å². The van der Waals surface area contributed by atoms with Gasteiger partial charge in [0, 0.05) is 36.4 Å². The van der Waals surface area contributed by atoms with Gasteiger partial charge in [-0.1, -0.05) is 42.5 Å². The van der Waals surface area contributed by atoms with E-state index < -0.39 is 0 Å². The van der Waals surface area contributed by atoms with E-state index >= 15 is 0 Å². The molecule has 0 bridgehead atoms. The first-order valence-corrected chi connectivity index (χ1v) is 8.32. The second kappa shape index (κ2) is 7.16. The maximum atomic E-state index is 5.63. The molecule has 0 saturated carbocycles. The number of rotatable bonds is 5. The topological polar surface area (TPSA) is 81.6 Å². The molecule has 6 nitrogen and oxygen atoms in total. The number of benzene rings is 2. The third kappa shape index (κ3) is 3.31. The second-order valence-electron chi connectivity index (χ2n) is 5.75. The number of hydrogen-bond acceptors (Lipinski definition) is 5. The molecule has 6 heteroatoms. The van der Waals surface area contributed by atoms with Gasteiger partial charge in [-0.2, -0.15) is 4.98 Å². The summed E-state index contributed by atoms with van der Waals surface area (Å²) in [7, 11) is 0. The predicted molar refractivity (Wildman–Crippen MR) is 102 cm³/mol. The SMILES string of the molecule is NCc1ccc(Nc2nccc(-n3ccnc3-c3ccccc3)n2)cc1. The van der Waals surface area contributed by atoms with Gasteiger partial charge in [-0.25, -0.2) is 9.97 Å². The van der Waals surface area contributed by atoms with Crippen molar-refractivity contribution < 1.29 is 0 Å². The molecule has 0 aliphatic rings. The molecule has 0 radical (unpaired) electrons. The molecule has 4 rings (SSSR count). The maximum Gasteiger partial charge on any atom is 0.229 e. The lowest BCUT2D eigenvalue weighted by molar-refractivity contribution is 0.983. The summed E-state index contributed by atoms with van der Waals surface area (Å²) < 4.78 is 1.94. The van der Waals surface area contributed by atoms with Gasteiger partial charge in [0.2, 0.25) is 5.95 Å². The summed E-state index contributed by atoms with van der Waals surface area (Å²) in [5.74, 6) is 2.11. The van der Waals surface area contributed by atoms with Gasteiger partial charge in [0.1, 0.15) is 11.6 Å². The summed E-state index contributed by atoms with van der Waals surface area (Å²) in [6.07, 6.45) is 5.39. The number of anilines is 2. The average Bonchev–Trinajstić information content (AvgIpc) is 3.19. The van der Waals surface area contributed by atoms with Crippen molar-refractivity contribution in [3.63, 3.8) is 0 Å². The lowest BCUT2D eigenvalue weighted by Crippen LogP contribution is -2.03. The molecule has 0 amide bonds. The Bertz CT molecular complexity index is 992. The highest BCUT2D eigenvalue weighted by Gasteiger charge is 2.09. The van der Waals surface area contributed by atoms with Gasteiger partial charge in [-0.15, -0.1) is 0 Å². The van der Waals surface area contributed by atoms with Gasteiger partial charge in [-0.05, 0) is 23.8 Å². The van der Waals surface area contributed by atoms with Crippen LogP contribution in [0, 0.1) is 0 Å². The van der Waals surface area contributed by atoms with E-state index in [4.69, 9.17) is 5.73 Å². The van der Waals surface area contributed by atoms with Crippen molar-refractivity contribution in [2.24, 2.45) is 5.73 Å². The summed E-state index contributed by atoms with van der Waals surface area (Å²) >= 11 is 0. The van der Waals surface area contributed by atoms with E-state index in [2.05, 4.69) is 20.3 Å². The third-order valence-corrected chi connectivity index (χ3v) is 4.01. The largest absolute Gasteiger partial charge is 0.326 e. The molecule has 0 spiro atoms. The molecule has 4 aromatic rings. The Labute approximate surface area is 151 Å². The number of nitrogens with one attached hydrogen (secondary N) is 1. The van der Waals surface area contributed by atoms with Crippen molar-refractivity contribution in [1.29, 1.82) is 0 Å². The molecule has 0 unspecified atom stereocenters. The zero-order valence-electron chi connectivity index (χ0n) is 14.1. The van der Waals surface area contributed by atoms with Crippen molar-refractivity contribution >= 4 is 11.6 Å².